The molecule has 0 aliphatic carbocycles. The van der Waals surface area contributed by atoms with Gasteiger partial charge in [-0.1, -0.05) is 27.7 Å². The first-order valence-corrected chi connectivity index (χ1v) is 7.95. The van der Waals surface area contributed by atoms with E-state index in [9.17, 15) is 4.79 Å². The molecule has 0 saturated carbocycles. The van der Waals surface area contributed by atoms with Gasteiger partial charge in [-0.25, -0.2) is 0 Å². The van der Waals surface area contributed by atoms with Crippen LogP contribution in [0, 0.1) is 6.92 Å². The Balaban J connectivity index is 0.00000102. The molecule has 2 N–H and O–H groups in total. The van der Waals surface area contributed by atoms with Crippen molar-refractivity contribution in [1.29, 1.82) is 0 Å². The molecular formula is C15H30N6O. The van der Waals surface area contributed by atoms with Crippen molar-refractivity contribution in [3.05, 3.63) is 5.82 Å². The second-order valence-electron chi connectivity index (χ2n) is 4.63. The number of nitrogens with two attached hydrogens (primary N) is 1. The minimum Gasteiger partial charge on any atom is -0.368 e. The zero-order valence-corrected chi connectivity index (χ0v) is 14.9. The van der Waals surface area contributed by atoms with E-state index in [0.29, 0.717) is 17.7 Å². The van der Waals surface area contributed by atoms with Crippen molar-refractivity contribution >= 4 is 17.8 Å². The van der Waals surface area contributed by atoms with Crippen molar-refractivity contribution in [1.82, 2.24) is 15.0 Å². The van der Waals surface area contributed by atoms with Gasteiger partial charge in [0.25, 0.3) is 0 Å². The average molecular weight is 310 g/mol. The van der Waals surface area contributed by atoms with Crippen LogP contribution in [0.3, 0.4) is 0 Å². The van der Waals surface area contributed by atoms with Crippen molar-refractivity contribution in [2.45, 2.75) is 53.5 Å². The second kappa shape index (κ2) is 9.92. The van der Waals surface area contributed by atoms with Gasteiger partial charge in [0, 0.05) is 20.6 Å². The van der Waals surface area contributed by atoms with Crippen LogP contribution in [0.1, 0.15) is 46.4 Å². The molecule has 1 unspecified atom stereocenters. The van der Waals surface area contributed by atoms with E-state index in [0.717, 1.165) is 19.4 Å². The Hall–Kier alpha value is -1.92. The van der Waals surface area contributed by atoms with Crippen LogP contribution in [0.4, 0.5) is 11.9 Å². The van der Waals surface area contributed by atoms with Crippen molar-refractivity contribution in [2.75, 3.05) is 30.4 Å². The number of amides is 1. The maximum absolute atomic E-state index is 11.4. The number of primary amides is 1. The molecule has 0 aromatic carbocycles. The van der Waals surface area contributed by atoms with E-state index >= 15 is 0 Å². The van der Waals surface area contributed by atoms with E-state index in [1.807, 2.05) is 58.5 Å². The highest BCUT2D eigenvalue weighted by molar-refractivity contribution is 5.83. The molecule has 22 heavy (non-hydrogen) atoms. The maximum atomic E-state index is 11.4. The maximum Gasteiger partial charge on any atom is 0.240 e. The molecule has 1 saturated heterocycles. The summed E-state index contributed by atoms with van der Waals surface area (Å²) in [6.07, 6.45) is 1.69. The SMILES string of the molecule is CC.CC.Cc1nc(N(C)C)nc(N2CCCC2C(N)=O)n1. The summed E-state index contributed by atoms with van der Waals surface area (Å²) in [7, 11) is 3.74. The number of anilines is 2. The molecule has 1 atom stereocenters. The zero-order chi connectivity index (χ0) is 17.3. The highest BCUT2D eigenvalue weighted by atomic mass is 16.1. The van der Waals surface area contributed by atoms with E-state index in [1.54, 1.807) is 0 Å². The summed E-state index contributed by atoms with van der Waals surface area (Å²) in [5, 5.41) is 0. The van der Waals surface area contributed by atoms with Crippen LogP contribution in [0.2, 0.25) is 0 Å². The van der Waals surface area contributed by atoms with Gasteiger partial charge in [0.1, 0.15) is 11.9 Å². The molecule has 0 radical (unpaired) electrons. The van der Waals surface area contributed by atoms with Gasteiger partial charge in [-0.05, 0) is 19.8 Å². The lowest BCUT2D eigenvalue weighted by molar-refractivity contribution is -0.119. The van der Waals surface area contributed by atoms with Crippen molar-refractivity contribution < 1.29 is 4.79 Å². The Kier molecular flexibility index (Phi) is 9.05. The lowest BCUT2D eigenvalue weighted by Gasteiger charge is -2.23. The van der Waals surface area contributed by atoms with Gasteiger partial charge in [0.15, 0.2) is 0 Å². The van der Waals surface area contributed by atoms with Gasteiger partial charge in [-0.15, -0.1) is 0 Å². The molecule has 1 fully saturated rings. The first-order chi connectivity index (χ1) is 10.5. The third-order valence-corrected chi connectivity index (χ3v) is 2.96. The molecule has 7 heteroatoms. The Morgan fingerprint density at radius 2 is 1.77 bits per heavy atom. The molecule has 1 aromatic rings. The van der Waals surface area contributed by atoms with E-state index in [4.69, 9.17) is 5.73 Å². The molecule has 0 bridgehead atoms. The fraction of sp³-hybridized carbons (Fsp3) is 0.733. The Labute approximate surface area is 133 Å². The highest BCUT2D eigenvalue weighted by Gasteiger charge is 2.31. The standard InChI is InChI=1S/C11H18N6O.2C2H6/c1-7-13-10(16(2)3)15-11(14-7)17-6-4-5-8(17)9(12)18;2*1-2/h8H,4-6H2,1-3H3,(H2,12,18);2*1-2H3. The van der Waals surface area contributed by atoms with E-state index in [2.05, 4.69) is 15.0 Å². The molecule has 126 valence electrons. The van der Waals surface area contributed by atoms with Crippen molar-refractivity contribution in [2.24, 2.45) is 5.73 Å². The number of rotatable bonds is 3. The average Bonchev–Trinajstić information content (AvgIpc) is 3.00. The molecule has 2 heterocycles. The smallest absolute Gasteiger partial charge is 0.240 e. The van der Waals surface area contributed by atoms with Crippen molar-refractivity contribution in [3.8, 4) is 0 Å². The summed E-state index contributed by atoms with van der Waals surface area (Å²) in [6.45, 7) is 10.6. The molecular weight excluding hydrogens is 280 g/mol. The Bertz CT molecular complexity index is 463. The lowest BCUT2D eigenvalue weighted by atomic mass is 10.2. The van der Waals surface area contributed by atoms with E-state index in [1.165, 1.54) is 0 Å². The minimum absolute atomic E-state index is 0.304. The van der Waals surface area contributed by atoms with Crippen LogP contribution < -0.4 is 15.5 Å². The zero-order valence-electron chi connectivity index (χ0n) is 14.9. The summed E-state index contributed by atoms with van der Waals surface area (Å²) in [5.41, 5.74) is 5.40. The van der Waals surface area contributed by atoms with Gasteiger partial charge >= 0.3 is 0 Å². The van der Waals surface area contributed by atoms with Gasteiger partial charge in [0.05, 0.1) is 0 Å². The molecule has 1 aliphatic rings. The third-order valence-electron chi connectivity index (χ3n) is 2.96. The van der Waals surface area contributed by atoms with Crippen LogP contribution in [0.5, 0.6) is 0 Å². The van der Waals surface area contributed by atoms with Crippen LogP contribution in [0.15, 0.2) is 0 Å². The normalized spacial score (nSPS) is 16.1. The van der Waals surface area contributed by atoms with Crippen LogP contribution in [-0.4, -0.2) is 47.5 Å². The summed E-state index contributed by atoms with van der Waals surface area (Å²) in [5.74, 6) is 1.44. The van der Waals surface area contributed by atoms with Gasteiger partial charge in [-0.2, -0.15) is 15.0 Å². The molecule has 0 spiro atoms. The number of aromatic nitrogens is 3. The Morgan fingerprint density at radius 3 is 2.27 bits per heavy atom. The molecule has 7 nitrogen and oxygen atoms in total. The predicted molar refractivity (Wildman–Crippen MR) is 91.1 cm³/mol. The summed E-state index contributed by atoms with van der Waals surface area (Å²) in [4.78, 5) is 28.0. The van der Waals surface area contributed by atoms with Crippen LogP contribution >= 0.6 is 0 Å². The number of hydrogen-bond acceptors (Lipinski definition) is 6. The summed E-state index contributed by atoms with van der Waals surface area (Å²) < 4.78 is 0. The first-order valence-electron chi connectivity index (χ1n) is 7.95. The number of aryl methyl sites for hydroxylation is 1. The number of carbonyl (C=O) groups is 1. The quantitative estimate of drug-likeness (QED) is 0.915. The molecule has 1 aromatic heterocycles. The number of nitrogens with zero attached hydrogens (tertiary/aromatic N) is 5. The van der Waals surface area contributed by atoms with Gasteiger partial charge in [0.2, 0.25) is 17.8 Å². The molecule has 2 rings (SSSR count). The van der Waals surface area contributed by atoms with Crippen LogP contribution in [0.25, 0.3) is 0 Å². The highest BCUT2D eigenvalue weighted by Crippen LogP contribution is 2.23. The predicted octanol–water partition coefficient (Wildman–Crippen LogP) is 1.75. The van der Waals surface area contributed by atoms with Crippen molar-refractivity contribution in [3.63, 3.8) is 0 Å². The monoisotopic (exact) mass is 310 g/mol. The molecule has 1 amide bonds. The first kappa shape index (κ1) is 20.1. The van der Waals surface area contributed by atoms with Gasteiger partial charge < -0.3 is 15.5 Å². The third kappa shape index (κ3) is 5.13. The minimum atomic E-state index is -0.322. The fourth-order valence-corrected chi connectivity index (χ4v) is 2.08. The Morgan fingerprint density at radius 1 is 1.18 bits per heavy atom. The second-order valence-corrected chi connectivity index (χ2v) is 4.63. The summed E-state index contributed by atoms with van der Waals surface area (Å²) in [6, 6.07) is -0.304. The summed E-state index contributed by atoms with van der Waals surface area (Å²) >= 11 is 0. The van der Waals surface area contributed by atoms with E-state index in [-0.39, 0.29) is 11.9 Å². The number of carbonyl (C=O) groups excluding carboxylic acids is 1. The molecule has 1 aliphatic heterocycles. The fourth-order valence-electron chi connectivity index (χ4n) is 2.08. The van der Waals surface area contributed by atoms with E-state index < -0.39 is 0 Å². The topological polar surface area (TPSA) is 88.2 Å². The lowest BCUT2D eigenvalue weighted by Crippen LogP contribution is -2.41. The number of hydrogen-bond donors (Lipinski definition) is 1. The largest absolute Gasteiger partial charge is 0.368 e. The van der Waals surface area contributed by atoms with Crippen LogP contribution in [-0.2, 0) is 4.79 Å². The van der Waals surface area contributed by atoms with Gasteiger partial charge in [-0.3, -0.25) is 4.79 Å².